The molecule has 1 aromatic heterocycles. The lowest BCUT2D eigenvalue weighted by molar-refractivity contribution is -0.303. The van der Waals surface area contributed by atoms with Gasteiger partial charge in [0.25, 0.3) is 5.91 Å². The number of carboxylic acid groups (broad SMARTS) is 1. The number of amides is 1. The van der Waals surface area contributed by atoms with Gasteiger partial charge in [-0.15, -0.1) is 0 Å². The number of hydrazone groups is 1. The van der Waals surface area contributed by atoms with E-state index in [1.54, 1.807) is 6.07 Å². The molecule has 1 unspecified atom stereocenters. The minimum Gasteiger partial charge on any atom is -0.550 e. The second-order valence-electron chi connectivity index (χ2n) is 4.80. The van der Waals surface area contributed by atoms with Gasteiger partial charge in [0.1, 0.15) is 11.7 Å². The van der Waals surface area contributed by atoms with Crippen LogP contribution in [0.15, 0.2) is 29.4 Å². The second-order valence-corrected chi connectivity index (χ2v) is 5.81. The summed E-state index contributed by atoms with van der Waals surface area (Å²) in [5.41, 5.74) is 0.690. The zero-order chi connectivity index (χ0) is 15.9. The molecular weight excluding hydrogens is 306 g/mol. The van der Waals surface area contributed by atoms with Gasteiger partial charge < -0.3 is 9.90 Å². The van der Waals surface area contributed by atoms with Crippen LogP contribution in [-0.2, 0) is 14.4 Å². The molecule has 2 heterocycles. The van der Waals surface area contributed by atoms with E-state index < -0.39 is 30.0 Å². The molecule has 7 nitrogen and oxygen atoms in total. The van der Waals surface area contributed by atoms with Crippen molar-refractivity contribution in [3.05, 3.63) is 24.3 Å². The highest BCUT2D eigenvalue weighted by molar-refractivity contribution is 7.22. The van der Waals surface area contributed by atoms with Crippen molar-refractivity contribution in [2.75, 3.05) is 5.01 Å². The summed E-state index contributed by atoms with van der Waals surface area (Å²) in [5, 5.41) is 16.1. The van der Waals surface area contributed by atoms with E-state index in [2.05, 4.69) is 10.1 Å². The molecule has 1 aliphatic rings. The molecule has 0 spiro atoms. The standard InChI is InChI=1S/C14H11N3O4S/c1-7(18)12-9(6-11(19)20)16-17(13(12)21)14-15-8-4-2-3-5-10(8)22-14/h2-5,12H,6H2,1H3,(H,19,20)/p-1. The van der Waals surface area contributed by atoms with Crippen molar-refractivity contribution in [2.45, 2.75) is 13.3 Å². The minimum atomic E-state index is -1.39. The van der Waals surface area contributed by atoms with Crippen LogP contribution in [0.2, 0.25) is 0 Å². The maximum absolute atomic E-state index is 12.4. The number of aliphatic carboxylic acids is 1. The first kappa shape index (κ1) is 14.3. The number of para-hydroxylation sites is 1. The molecule has 3 rings (SSSR count). The molecule has 1 aliphatic heterocycles. The summed E-state index contributed by atoms with van der Waals surface area (Å²) in [5.74, 6) is -3.59. The largest absolute Gasteiger partial charge is 0.550 e. The Labute approximate surface area is 128 Å². The molecule has 0 radical (unpaired) electrons. The Hall–Kier alpha value is -2.61. The number of ketones is 1. The predicted molar refractivity (Wildman–Crippen MR) is 78.3 cm³/mol. The number of aromatic nitrogens is 1. The van der Waals surface area contributed by atoms with Crippen LogP contribution in [0.3, 0.4) is 0 Å². The molecule has 1 atom stereocenters. The Bertz CT molecular complexity index is 793. The number of nitrogens with zero attached hydrogens (tertiary/aromatic N) is 3. The minimum absolute atomic E-state index is 0.0169. The lowest BCUT2D eigenvalue weighted by Gasteiger charge is -2.09. The van der Waals surface area contributed by atoms with Crippen LogP contribution in [-0.4, -0.2) is 28.4 Å². The third kappa shape index (κ3) is 2.37. The van der Waals surface area contributed by atoms with Gasteiger partial charge in [0.15, 0.2) is 0 Å². The molecule has 22 heavy (non-hydrogen) atoms. The number of carbonyl (C=O) groups excluding carboxylic acids is 3. The van der Waals surface area contributed by atoms with Gasteiger partial charge in [-0.25, -0.2) is 4.98 Å². The normalized spacial score (nSPS) is 17.9. The number of hydrogen-bond donors (Lipinski definition) is 0. The van der Waals surface area contributed by atoms with E-state index in [1.807, 2.05) is 18.2 Å². The van der Waals surface area contributed by atoms with Gasteiger partial charge in [-0.2, -0.15) is 10.1 Å². The molecule has 1 aromatic carbocycles. The van der Waals surface area contributed by atoms with E-state index in [1.165, 1.54) is 18.3 Å². The summed E-state index contributed by atoms with van der Waals surface area (Å²) in [6.45, 7) is 1.23. The molecule has 8 heteroatoms. The van der Waals surface area contributed by atoms with Crippen LogP contribution in [0.1, 0.15) is 13.3 Å². The van der Waals surface area contributed by atoms with E-state index in [0.29, 0.717) is 10.6 Å². The molecule has 0 fully saturated rings. The predicted octanol–water partition coefficient (Wildman–Crippen LogP) is 0.344. The molecule has 0 N–H and O–H groups in total. The van der Waals surface area contributed by atoms with Crippen LogP contribution in [0.4, 0.5) is 5.13 Å². The molecule has 0 aliphatic carbocycles. The van der Waals surface area contributed by atoms with E-state index in [-0.39, 0.29) is 5.71 Å². The first-order chi connectivity index (χ1) is 10.5. The monoisotopic (exact) mass is 316 g/mol. The number of anilines is 1. The Kier molecular flexibility index (Phi) is 3.45. The summed E-state index contributed by atoms with van der Waals surface area (Å²) in [7, 11) is 0. The van der Waals surface area contributed by atoms with E-state index in [9.17, 15) is 19.5 Å². The fraction of sp³-hybridized carbons (Fsp3) is 0.214. The van der Waals surface area contributed by atoms with E-state index in [0.717, 1.165) is 9.71 Å². The van der Waals surface area contributed by atoms with Crippen molar-refractivity contribution in [1.82, 2.24) is 4.98 Å². The lowest BCUT2D eigenvalue weighted by atomic mass is 9.97. The Balaban J connectivity index is 2.02. The molecule has 1 amide bonds. The molecular formula is C14H10N3O4S-. The lowest BCUT2D eigenvalue weighted by Crippen LogP contribution is -2.34. The third-order valence-electron chi connectivity index (χ3n) is 3.21. The summed E-state index contributed by atoms with van der Waals surface area (Å²) in [6, 6.07) is 7.31. The van der Waals surface area contributed by atoms with Gasteiger partial charge in [-0.1, -0.05) is 23.5 Å². The topological polar surface area (TPSA) is 103 Å². The Morgan fingerprint density at radius 3 is 2.73 bits per heavy atom. The van der Waals surface area contributed by atoms with E-state index >= 15 is 0 Å². The van der Waals surface area contributed by atoms with E-state index in [4.69, 9.17) is 0 Å². The van der Waals surface area contributed by atoms with Crippen molar-refractivity contribution < 1.29 is 19.5 Å². The zero-order valence-electron chi connectivity index (χ0n) is 11.5. The van der Waals surface area contributed by atoms with Crippen LogP contribution < -0.4 is 10.1 Å². The number of carbonyl (C=O) groups is 3. The van der Waals surface area contributed by atoms with Crippen molar-refractivity contribution >= 4 is 50.1 Å². The summed E-state index contributed by atoms with van der Waals surface area (Å²) in [6.07, 6.45) is -0.558. The third-order valence-corrected chi connectivity index (χ3v) is 4.23. The van der Waals surface area contributed by atoms with Gasteiger partial charge in [0, 0.05) is 12.4 Å². The highest BCUT2D eigenvalue weighted by atomic mass is 32.1. The van der Waals surface area contributed by atoms with Gasteiger partial charge in [-0.3, -0.25) is 9.59 Å². The summed E-state index contributed by atoms with van der Waals surface area (Å²) < 4.78 is 0.869. The fourth-order valence-corrected chi connectivity index (χ4v) is 3.20. The molecule has 0 saturated carbocycles. The smallest absolute Gasteiger partial charge is 0.265 e. The molecule has 0 bridgehead atoms. The van der Waals surface area contributed by atoms with Crippen molar-refractivity contribution in [2.24, 2.45) is 11.0 Å². The van der Waals surface area contributed by atoms with Crippen LogP contribution in [0, 0.1) is 5.92 Å². The van der Waals surface area contributed by atoms with Crippen molar-refractivity contribution in [1.29, 1.82) is 0 Å². The summed E-state index contributed by atoms with van der Waals surface area (Å²) in [4.78, 5) is 39.1. The molecule has 0 saturated heterocycles. The molecule has 112 valence electrons. The number of benzene rings is 1. The van der Waals surface area contributed by atoms with Crippen LogP contribution in [0.5, 0.6) is 0 Å². The highest BCUT2D eigenvalue weighted by Gasteiger charge is 2.40. The summed E-state index contributed by atoms with van der Waals surface area (Å²) >= 11 is 1.25. The number of fused-ring (bicyclic) bond motifs is 1. The first-order valence-electron chi connectivity index (χ1n) is 6.44. The maximum atomic E-state index is 12.4. The maximum Gasteiger partial charge on any atom is 0.265 e. The Morgan fingerprint density at radius 1 is 1.36 bits per heavy atom. The number of carboxylic acids is 1. The molecule has 2 aromatic rings. The van der Waals surface area contributed by atoms with Gasteiger partial charge >= 0.3 is 0 Å². The quantitative estimate of drug-likeness (QED) is 0.757. The average molecular weight is 316 g/mol. The average Bonchev–Trinajstić information content (AvgIpc) is 2.98. The van der Waals surface area contributed by atoms with Gasteiger partial charge in [0.05, 0.1) is 15.9 Å². The number of Topliss-reactive ketones (excluding diaryl/α,β-unsaturated/α-hetero) is 1. The zero-order valence-corrected chi connectivity index (χ0v) is 12.3. The van der Waals surface area contributed by atoms with Crippen molar-refractivity contribution in [3.63, 3.8) is 0 Å². The SMILES string of the molecule is CC(=O)C1C(=O)N(c2nc3ccccc3s2)N=C1CC(=O)[O-]. The number of rotatable bonds is 4. The van der Waals surface area contributed by atoms with Crippen molar-refractivity contribution in [3.8, 4) is 0 Å². The van der Waals surface area contributed by atoms with Gasteiger partial charge in [0.2, 0.25) is 5.13 Å². The fourth-order valence-electron chi connectivity index (χ4n) is 2.28. The number of hydrogen-bond acceptors (Lipinski definition) is 7. The first-order valence-corrected chi connectivity index (χ1v) is 7.26. The van der Waals surface area contributed by atoms with Crippen LogP contribution >= 0.6 is 11.3 Å². The Morgan fingerprint density at radius 2 is 2.09 bits per heavy atom. The second kappa shape index (κ2) is 5.30. The number of thiazole rings is 1. The van der Waals surface area contributed by atoms with Gasteiger partial charge in [-0.05, 0) is 19.1 Å². The highest BCUT2D eigenvalue weighted by Crippen LogP contribution is 2.32. The van der Waals surface area contributed by atoms with Crippen LogP contribution in [0.25, 0.3) is 10.2 Å².